The summed E-state index contributed by atoms with van der Waals surface area (Å²) >= 11 is 0. The lowest BCUT2D eigenvalue weighted by Crippen LogP contribution is -2.14. The third-order valence-corrected chi connectivity index (χ3v) is 7.06. The molecule has 0 saturated heterocycles. The van der Waals surface area contributed by atoms with Crippen molar-refractivity contribution in [1.82, 2.24) is 4.98 Å². The van der Waals surface area contributed by atoms with Gasteiger partial charge in [-0.2, -0.15) is 0 Å². The average molecular weight is 491 g/mol. The van der Waals surface area contributed by atoms with Crippen LogP contribution in [0.1, 0.15) is 46.8 Å². The van der Waals surface area contributed by atoms with Crippen LogP contribution < -0.4 is 4.72 Å². The molecule has 4 aromatic rings. The molecule has 3 N–H and O–H groups in total. The molecule has 0 aliphatic carbocycles. The predicted octanol–water partition coefficient (Wildman–Crippen LogP) is 6.34. The van der Waals surface area contributed by atoms with Crippen LogP contribution in [0.5, 0.6) is 5.88 Å². The average Bonchev–Trinajstić information content (AvgIpc) is 3.13. The number of sulfonamides is 1. The van der Waals surface area contributed by atoms with Crippen molar-refractivity contribution in [3.05, 3.63) is 82.9 Å². The number of anilines is 1. The van der Waals surface area contributed by atoms with E-state index in [2.05, 4.69) is 33.8 Å². The van der Waals surface area contributed by atoms with Crippen LogP contribution in [0.2, 0.25) is 0 Å². The number of aromatic nitrogens is 1. The Balaban J connectivity index is 1.61. The Morgan fingerprint density at radius 1 is 1.03 bits per heavy atom. The van der Waals surface area contributed by atoms with Gasteiger partial charge in [0.1, 0.15) is 0 Å². The molecule has 0 spiro atoms. The molecule has 8 nitrogen and oxygen atoms in total. The van der Waals surface area contributed by atoms with Gasteiger partial charge in [-0.05, 0) is 67.3 Å². The molecule has 0 unspecified atom stereocenters. The number of aromatic hydroxyl groups is 1. The van der Waals surface area contributed by atoms with E-state index in [1.807, 2.05) is 44.2 Å². The normalized spacial score (nSPS) is 12.0. The van der Waals surface area contributed by atoms with E-state index in [9.17, 15) is 18.3 Å². The zero-order chi connectivity index (χ0) is 25.3. The fraction of sp³-hybridized carbons (Fsp3) is 0.192. The zero-order valence-corrected chi connectivity index (χ0v) is 20.6. The van der Waals surface area contributed by atoms with Gasteiger partial charge in [-0.3, -0.25) is 9.52 Å². The summed E-state index contributed by atoms with van der Waals surface area (Å²) in [6, 6.07) is 16.6. The van der Waals surface area contributed by atoms with E-state index >= 15 is 0 Å². The summed E-state index contributed by atoms with van der Waals surface area (Å²) in [5.41, 5.74) is 4.18. The summed E-state index contributed by atoms with van der Waals surface area (Å²) in [6.07, 6.45) is 0. The Morgan fingerprint density at radius 2 is 1.80 bits per heavy atom. The first-order valence-electron chi connectivity index (χ1n) is 11.1. The summed E-state index contributed by atoms with van der Waals surface area (Å²) in [7, 11) is -3.93. The van der Waals surface area contributed by atoms with Crippen LogP contribution in [0.15, 0.2) is 75.8 Å². The van der Waals surface area contributed by atoms with Crippen LogP contribution >= 0.6 is 0 Å². The Kier molecular flexibility index (Phi) is 6.45. The molecule has 180 valence electrons. The molecule has 4 rings (SSSR count). The number of amides is 1. The van der Waals surface area contributed by atoms with Crippen LogP contribution in [0.4, 0.5) is 11.4 Å². The molecule has 0 radical (unpaired) electrons. The number of azo groups is 1. The number of carbonyl (C=O) groups excluding carboxylic acids is 1. The summed E-state index contributed by atoms with van der Waals surface area (Å²) in [5, 5.41) is 18.6. The standard InChI is InChI=1S/C26H26N4O4S/c1-15(2)18-9-11-23-21(14-18)24(26(32)27-23)28-29-25(31)19-6-5-7-20(13-19)35(33,34)30-22-10-8-16(3)12-17(22)4/h5-15,27,30,32H,1-4H3. The topological polar surface area (TPSA) is 124 Å². The first-order chi connectivity index (χ1) is 16.5. The third kappa shape index (κ3) is 5.09. The third-order valence-electron chi connectivity index (χ3n) is 5.70. The molecule has 1 heterocycles. The highest BCUT2D eigenvalue weighted by Crippen LogP contribution is 2.37. The molecule has 1 amide bonds. The van der Waals surface area contributed by atoms with Crippen molar-refractivity contribution < 1.29 is 18.3 Å². The fourth-order valence-corrected chi connectivity index (χ4v) is 4.90. The van der Waals surface area contributed by atoms with Gasteiger partial charge in [-0.1, -0.05) is 43.7 Å². The molecule has 0 aliphatic heterocycles. The smallest absolute Gasteiger partial charge is 0.295 e. The van der Waals surface area contributed by atoms with Crippen molar-refractivity contribution in [2.45, 2.75) is 38.5 Å². The number of aryl methyl sites for hydroxylation is 2. The maximum Gasteiger partial charge on any atom is 0.295 e. The number of H-pyrrole nitrogens is 1. The van der Waals surface area contributed by atoms with Gasteiger partial charge in [-0.15, -0.1) is 10.2 Å². The molecule has 0 bridgehead atoms. The first-order valence-corrected chi connectivity index (χ1v) is 12.5. The lowest BCUT2D eigenvalue weighted by molar-refractivity contribution is 0.0995. The lowest BCUT2D eigenvalue weighted by Gasteiger charge is -2.11. The van der Waals surface area contributed by atoms with Gasteiger partial charge >= 0.3 is 0 Å². The lowest BCUT2D eigenvalue weighted by atomic mass is 10.0. The number of hydrogen-bond donors (Lipinski definition) is 3. The van der Waals surface area contributed by atoms with Crippen LogP contribution in [0.3, 0.4) is 0 Å². The van der Waals surface area contributed by atoms with Crippen molar-refractivity contribution >= 4 is 38.2 Å². The van der Waals surface area contributed by atoms with Crippen LogP contribution in [0, 0.1) is 13.8 Å². The molecule has 3 aromatic carbocycles. The van der Waals surface area contributed by atoms with Crippen molar-refractivity contribution in [3.63, 3.8) is 0 Å². The SMILES string of the molecule is Cc1ccc(NS(=O)(=O)c2cccc(C(=O)N=Nc3c(O)[nH]c4ccc(C(C)C)cc34)c2)c(C)c1. The maximum atomic E-state index is 12.9. The number of rotatable bonds is 6. The quantitative estimate of drug-likeness (QED) is 0.273. The Morgan fingerprint density at radius 3 is 2.51 bits per heavy atom. The highest BCUT2D eigenvalue weighted by atomic mass is 32.2. The van der Waals surface area contributed by atoms with E-state index in [1.165, 1.54) is 24.3 Å². The minimum absolute atomic E-state index is 0.0550. The highest BCUT2D eigenvalue weighted by molar-refractivity contribution is 7.92. The van der Waals surface area contributed by atoms with Crippen LogP contribution in [-0.2, 0) is 10.0 Å². The van der Waals surface area contributed by atoms with Gasteiger partial charge in [0, 0.05) is 10.9 Å². The van der Waals surface area contributed by atoms with Gasteiger partial charge in [0.25, 0.3) is 15.9 Å². The second kappa shape index (κ2) is 9.34. The molecular formula is C26H26N4O4S. The van der Waals surface area contributed by atoms with E-state index in [0.29, 0.717) is 16.6 Å². The number of nitrogens with one attached hydrogen (secondary N) is 2. The molecule has 0 saturated carbocycles. The highest BCUT2D eigenvalue weighted by Gasteiger charge is 2.18. The van der Waals surface area contributed by atoms with E-state index < -0.39 is 15.9 Å². The second-order valence-corrected chi connectivity index (χ2v) is 10.4. The minimum atomic E-state index is -3.93. The fourth-order valence-electron chi connectivity index (χ4n) is 3.72. The Labute approximate surface area is 203 Å². The minimum Gasteiger partial charge on any atom is -0.493 e. The predicted molar refractivity (Wildman–Crippen MR) is 136 cm³/mol. The summed E-state index contributed by atoms with van der Waals surface area (Å²) in [6.45, 7) is 7.84. The van der Waals surface area contributed by atoms with Crippen molar-refractivity contribution in [2.24, 2.45) is 10.2 Å². The van der Waals surface area contributed by atoms with Gasteiger partial charge in [-0.25, -0.2) is 8.42 Å². The summed E-state index contributed by atoms with van der Waals surface area (Å²) < 4.78 is 28.4. The van der Waals surface area contributed by atoms with E-state index in [-0.39, 0.29) is 27.9 Å². The second-order valence-electron chi connectivity index (χ2n) is 8.74. The maximum absolute atomic E-state index is 12.9. The molecule has 0 aliphatic rings. The first kappa shape index (κ1) is 24.2. The Bertz CT molecular complexity index is 1570. The number of nitrogens with zero attached hydrogens (tertiary/aromatic N) is 2. The van der Waals surface area contributed by atoms with Crippen LogP contribution in [-0.4, -0.2) is 24.4 Å². The summed E-state index contributed by atoms with van der Waals surface area (Å²) in [4.78, 5) is 15.5. The summed E-state index contributed by atoms with van der Waals surface area (Å²) in [5.74, 6) is -0.668. The zero-order valence-electron chi connectivity index (χ0n) is 19.8. The van der Waals surface area contributed by atoms with Crippen LogP contribution in [0.25, 0.3) is 10.9 Å². The van der Waals surface area contributed by atoms with Gasteiger partial charge in [0.05, 0.1) is 16.1 Å². The largest absolute Gasteiger partial charge is 0.493 e. The molecule has 35 heavy (non-hydrogen) atoms. The molecule has 1 aromatic heterocycles. The number of carbonyl (C=O) groups is 1. The Hall–Kier alpha value is -3.98. The van der Waals surface area contributed by atoms with Gasteiger partial charge in [0.15, 0.2) is 5.69 Å². The van der Waals surface area contributed by atoms with Gasteiger partial charge < -0.3 is 10.1 Å². The van der Waals surface area contributed by atoms with Crippen molar-refractivity contribution in [2.75, 3.05) is 4.72 Å². The number of benzene rings is 3. The van der Waals surface area contributed by atoms with Gasteiger partial charge in [0.2, 0.25) is 5.88 Å². The van der Waals surface area contributed by atoms with E-state index in [1.54, 1.807) is 6.07 Å². The molecule has 0 fully saturated rings. The number of aromatic amines is 1. The molecule has 0 atom stereocenters. The van der Waals surface area contributed by atoms with E-state index in [4.69, 9.17) is 0 Å². The number of hydrogen-bond acceptors (Lipinski definition) is 5. The van der Waals surface area contributed by atoms with Crippen molar-refractivity contribution in [1.29, 1.82) is 0 Å². The molecule has 9 heteroatoms. The van der Waals surface area contributed by atoms with Crippen molar-refractivity contribution in [3.8, 4) is 5.88 Å². The monoisotopic (exact) mass is 490 g/mol. The molecular weight excluding hydrogens is 464 g/mol. The number of fused-ring (bicyclic) bond motifs is 1. The van der Waals surface area contributed by atoms with E-state index in [0.717, 1.165) is 16.7 Å².